The van der Waals surface area contributed by atoms with Gasteiger partial charge in [-0.3, -0.25) is 9.78 Å². The molecule has 3 rings (SSSR count). The summed E-state index contributed by atoms with van der Waals surface area (Å²) in [5.74, 6) is 0.0197. The average Bonchev–Trinajstić information content (AvgIpc) is 2.51. The van der Waals surface area contributed by atoms with E-state index >= 15 is 0 Å². The molecule has 1 N–H and O–H groups in total. The van der Waals surface area contributed by atoms with Crippen LogP contribution in [0.25, 0.3) is 0 Å². The van der Waals surface area contributed by atoms with Crippen LogP contribution in [-0.2, 0) is 24.1 Å². The van der Waals surface area contributed by atoms with Crippen molar-refractivity contribution in [3.05, 3.63) is 58.4 Å². The van der Waals surface area contributed by atoms with Crippen LogP contribution >= 0.6 is 0 Å². The smallest absolute Gasteiger partial charge is 0.228 e. The second-order valence-corrected chi connectivity index (χ2v) is 6.19. The molecule has 114 valence electrons. The Hall–Kier alpha value is -2.16. The van der Waals surface area contributed by atoms with Crippen LogP contribution in [0.2, 0.25) is 0 Å². The maximum absolute atomic E-state index is 12.3. The molecule has 0 atom stereocenters. The molecule has 22 heavy (non-hydrogen) atoms. The first-order valence-corrected chi connectivity index (χ1v) is 7.95. The highest BCUT2D eigenvalue weighted by atomic mass is 16.1. The van der Waals surface area contributed by atoms with E-state index < -0.39 is 0 Å². The third kappa shape index (κ3) is 3.35. The van der Waals surface area contributed by atoms with Crippen LogP contribution in [0.1, 0.15) is 40.8 Å². The molecule has 3 nitrogen and oxygen atoms in total. The van der Waals surface area contributed by atoms with Gasteiger partial charge < -0.3 is 5.32 Å². The Morgan fingerprint density at radius 2 is 2.00 bits per heavy atom. The Morgan fingerprint density at radius 3 is 2.86 bits per heavy atom. The lowest BCUT2D eigenvalue weighted by Gasteiger charge is -2.16. The van der Waals surface area contributed by atoms with E-state index in [1.165, 1.54) is 29.7 Å². The second kappa shape index (κ2) is 6.30. The molecule has 1 aromatic heterocycles. The number of fused-ring (bicyclic) bond motifs is 1. The fraction of sp³-hybridized carbons (Fsp3) is 0.368. The summed E-state index contributed by atoms with van der Waals surface area (Å²) in [6.07, 6.45) is 6.76. The summed E-state index contributed by atoms with van der Waals surface area (Å²) in [4.78, 5) is 16.8. The van der Waals surface area contributed by atoms with E-state index in [9.17, 15) is 4.79 Å². The summed E-state index contributed by atoms with van der Waals surface area (Å²) in [7, 11) is 0. The fourth-order valence-electron chi connectivity index (χ4n) is 3.03. The number of aryl methyl sites for hydroxylation is 4. The highest BCUT2D eigenvalue weighted by Gasteiger charge is 2.12. The molecular formula is C19H22N2O. The number of aromatic nitrogens is 1. The minimum absolute atomic E-state index is 0.0197. The minimum Gasteiger partial charge on any atom is -0.324 e. The summed E-state index contributed by atoms with van der Waals surface area (Å²) in [5, 5.41) is 2.99. The van der Waals surface area contributed by atoms with Crippen molar-refractivity contribution in [1.82, 2.24) is 4.98 Å². The molecule has 2 aromatic rings. The Bertz CT molecular complexity index is 707. The molecule has 0 unspecified atom stereocenters. The van der Waals surface area contributed by atoms with Crippen LogP contribution in [-0.4, -0.2) is 10.9 Å². The molecule has 3 heteroatoms. The average molecular weight is 294 g/mol. The number of nitrogens with zero attached hydrogens (tertiary/aromatic N) is 1. The zero-order valence-electron chi connectivity index (χ0n) is 13.3. The van der Waals surface area contributed by atoms with E-state index in [-0.39, 0.29) is 5.91 Å². The molecule has 1 heterocycles. The third-order valence-electron chi connectivity index (χ3n) is 4.31. The molecule has 0 bridgehead atoms. The van der Waals surface area contributed by atoms with Crippen LogP contribution in [0.3, 0.4) is 0 Å². The number of benzene rings is 1. The first kappa shape index (κ1) is 14.8. The lowest BCUT2D eigenvalue weighted by atomic mass is 9.96. The SMILES string of the molecule is Cc1ccc(C)c(CC(=O)Nc2cnc3c(c2)CCCC3)c1. The predicted octanol–water partition coefficient (Wildman–Crippen LogP) is 3.76. The Labute approximate surface area is 131 Å². The minimum atomic E-state index is 0.0197. The predicted molar refractivity (Wildman–Crippen MR) is 89.1 cm³/mol. The number of carbonyl (C=O) groups excluding carboxylic acids is 1. The van der Waals surface area contributed by atoms with Crippen molar-refractivity contribution < 1.29 is 4.79 Å². The third-order valence-corrected chi connectivity index (χ3v) is 4.31. The zero-order chi connectivity index (χ0) is 15.5. The maximum Gasteiger partial charge on any atom is 0.228 e. The highest BCUT2D eigenvalue weighted by molar-refractivity contribution is 5.92. The lowest BCUT2D eigenvalue weighted by Crippen LogP contribution is -2.16. The van der Waals surface area contributed by atoms with Crippen LogP contribution in [0, 0.1) is 13.8 Å². The molecule has 0 saturated carbocycles. The fourth-order valence-corrected chi connectivity index (χ4v) is 3.03. The number of hydrogen-bond donors (Lipinski definition) is 1. The van der Waals surface area contributed by atoms with Crippen LogP contribution in [0.5, 0.6) is 0 Å². The van der Waals surface area contributed by atoms with E-state index in [0.717, 1.165) is 29.7 Å². The molecule has 0 fully saturated rings. The number of anilines is 1. The summed E-state index contributed by atoms with van der Waals surface area (Å²) < 4.78 is 0. The maximum atomic E-state index is 12.3. The van der Waals surface area contributed by atoms with Crippen LogP contribution < -0.4 is 5.32 Å². The van der Waals surface area contributed by atoms with Gasteiger partial charge >= 0.3 is 0 Å². The molecule has 0 aliphatic heterocycles. The molecular weight excluding hydrogens is 272 g/mol. The summed E-state index contributed by atoms with van der Waals surface area (Å²) >= 11 is 0. The zero-order valence-corrected chi connectivity index (χ0v) is 13.3. The molecule has 1 aliphatic rings. The normalized spacial score (nSPS) is 13.5. The van der Waals surface area contributed by atoms with Gasteiger partial charge in [0, 0.05) is 5.69 Å². The molecule has 0 radical (unpaired) electrons. The summed E-state index contributed by atoms with van der Waals surface area (Å²) in [6.45, 7) is 4.09. The molecule has 1 aromatic carbocycles. The van der Waals surface area contributed by atoms with Gasteiger partial charge in [-0.05, 0) is 62.3 Å². The van der Waals surface area contributed by atoms with Crippen LogP contribution in [0.4, 0.5) is 5.69 Å². The Morgan fingerprint density at radius 1 is 1.18 bits per heavy atom. The first-order chi connectivity index (χ1) is 10.6. The van der Waals surface area contributed by atoms with Gasteiger partial charge in [-0.15, -0.1) is 0 Å². The van der Waals surface area contributed by atoms with E-state index in [0.29, 0.717) is 6.42 Å². The van der Waals surface area contributed by atoms with Crippen molar-refractivity contribution in [3.63, 3.8) is 0 Å². The Balaban J connectivity index is 1.70. The number of rotatable bonds is 3. The van der Waals surface area contributed by atoms with Crippen molar-refractivity contribution in [2.75, 3.05) is 5.32 Å². The number of nitrogens with one attached hydrogen (secondary N) is 1. The summed E-state index contributed by atoms with van der Waals surface area (Å²) in [6, 6.07) is 8.31. The molecule has 1 aliphatic carbocycles. The topological polar surface area (TPSA) is 42.0 Å². The van der Waals surface area contributed by atoms with Gasteiger partial charge in [-0.1, -0.05) is 23.8 Å². The first-order valence-electron chi connectivity index (χ1n) is 7.95. The number of pyridine rings is 1. The van der Waals surface area contributed by atoms with E-state index in [4.69, 9.17) is 0 Å². The highest BCUT2D eigenvalue weighted by Crippen LogP contribution is 2.22. The van der Waals surface area contributed by atoms with E-state index in [1.54, 1.807) is 6.20 Å². The van der Waals surface area contributed by atoms with Gasteiger partial charge in [0.1, 0.15) is 0 Å². The largest absolute Gasteiger partial charge is 0.324 e. The van der Waals surface area contributed by atoms with Crippen molar-refractivity contribution in [2.24, 2.45) is 0 Å². The molecule has 1 amide bonds. The van der Waals surface area contributed by atoms with E-state index in [1.807, 2.05) is 13.8 Å². The molecule has 0 spiro atoms. The van der Waals surface area contributed by atoms with Crippen molar-refractivity contribution >= 4 is 11.6 Å². The molecule has 0 saturated heterocycles. The van der Waals surface area contributed by atoms with Crippen molar-refractivity contribution in [1.29, 1.82) is 0 Å². The number of amides is 1. The Kier molecular flexibility index (Phi) is 4.23. The number of carbonyl (C=O) groups is 1. The van der Waals surface area contributed by atoms with E-state index in [2.05, 4.69) is 34.6 Å². The second-order valence-electron chi connectivity index (χ2n) is 6.19. The number of hydrogen-bond acceptors (Lipinski definition) is 2. The summed E-state index contributed by atoms with van der Waals surface area (Å²) in [5.41, 5.74) is 6.72. The van der Waals surface area contributed by atoms with Crippen molar-refractivity contribution in [2.45, 2.75) is 46.0 Å². The van der Waals surface area contributed by atoms with Gasteiger partial charge in [0.2, 0.25) is 5.91 Å². The van der Waals surface area contributed by atoms with Gasteiger partial charge in [0.25, 0.3) is 0 Å². The van der Waals surface area contributed by atoms with Crippen LogP contribution in [0.15, 0.2) is 30.5 Å². The van der Waals surface area contributed by atoms with Gasteiger partial charge in [-0.25, -0.2) is 0 Å². The standard InChI is InChI=1S/C19H22N2O/c1-13-7-8-14(2)16(9-13)11-19(22)21-17-10-15-5-3-4-6-18(15)20-12-17/h7-10,12H,3-6,11H2,1-2H3,(H,21,22). The van der Waals surface area contributed by atoms with Crippen molar-refractivity contribution in [3.8, 4) is 0 Å². The van der Waals surface area contributed by atoms with Gasteiger partial charge in [-0.2, -0.15) is 0 Å². The monoisotopic (exact) mass is 294 g/mol. The van der Waals surface area contributed by atoms with Gasteiger partial charge in [0.15, 0.2) is 0 Å². The lowest BCUT2D eigenvalue weighted by molar-refractivity contribution is -0.115. The van der Waals surface area contributed by atoms with Gasteiger partial charge in [0.05, 0.1) is 18.3 Å². The quantitative estimate of drug-likeness (QED) is 0.936.